The molecule has 0 aromatic carbocycles. The summed E-state index contributed by atoms with van der Waals surface area (Å²) in [7, 11) is 1.89. The van der Waals surface area contributed by atoms with Crippen molar-refractivity contribution in [3.8, 4) is 0 Å². The molecule has 0 spiro atoms. The minimum atomic E-state index is -4.08. The van der Waals surface area contributed by atoms with Crippen LogP contribution in [-0.2, 0) is 13.5 Å². The number of rotatable bonds is 8. The molecule has 1 unspecified atom stereocenters. The zero-order valence-corrected chi connectivity index (χ0v) is 13.3. The van der Waals surface area contributed by atoms with Crippen molar-refractivity contribution in [1.29, 1.82) is 0 Å². The van der Waals surface area contributed by atoms with Gasteiger partial charge in [-0.3, -0.25) is 4.68 Å². The van der Waals surface area contributed by atoms with Crippen molar-refractivity contribution in [3.05, 3.63) is 17.0 Å². The van der Waals surface area contributed by atoms with Crippen molar-refractivity contribution in [2.24, 2.45) is 7.05 Å². The second-order valence-corrected chi connectivity index (χ2v) is 5.62. The van der Waals surface area contributed by atoms with E-state index >= 15 is 0 Å². The van der Waals surface area contributed by atoms with Crippen molar-refractivity contribution in [2.45, 2.75) is 65.1 Å². The molecule has 0 aliphatic rings. The Kier molecular flexibility index (Phi) is 6.71. The van der Waals surface area contributed by atoms with E-state index in [9.17, 15) is 13.2 Å². The molecule has 0 fully saturated rings. The van der Waals surface area contributed by atoms with Crippen LogP contribution in [0.25, 0.3) is 0 Å². The van der Waals surface area contributed by atoms with Gasteiger partial charge in [0, 0.05) is 25.2 Å². The van der Waals surface area contributed by atoms with E-state index in [0.717, 1.165) is 36.3 Å². The Morgan fingerprint density at radius 3 is 2.38 bits per heavy atom. The minimum Gasteiger partial charge on any atom is -0.314 e. The molecule has 0 amide bonds. The first-order chi connectivity index (χ1) is 9.74. The molecule has 1 aromatic rings. The topological polar surface area (TPSA) is 29.9 Å². The van der Waals surface area contributed by atoms with Crippen molar-refractivity contribution < 1.29 is 13.2 Å². The van der Waals surface area contributed by atoms with E-state index in [1.165, 1.54) is 0 Å². The Labute approximate surface area is 124 Å². The minimum absolute atomic E-state index is 0.0921. The van der Waals surface area contributed by atoms with Gasteiger partial charge in [-0.25, -0.2) is 0 Å². The third-order valence-corrected chi connectivity index (χ3v) is 3.86. The third-order valence-electron chi connectivity index (χ3n) is 3.86. The first-order valence-corrected chi connectivity index (χ1v) is 7.53. The van der Waals surface area contributed by atoms with Gasteiger partial charge in [0.05, 0.1) is 5.69 Å². The van der Waals surface area contributed by atoms with Crippen LogP contribution in [0.15, 0.2) is 0 Å². The number of alkyl halides is 3. The van der Waals surface area contributed by atoms with Gasteiger partial charge in [0.1, 0.15) is 0 Å². The highest BCUT2D eigenvalue weighted by atomic mass is 19.4. The lowest BCUT2D eigenvalue weighted by Crippen LogP contribution is -2.31. The number of aromatic nitrogens is 2. The van der Waals surface area contributed by atoms with E-state index in [1.807, 2.05) is 32.5 Å². The summed E-state index contributed by atoms with van der Waals surface area (Å²) in [6, 6.07) is -0.0921. The van der Waals surface area contributed by atoms with Gasteiger partial charge < -0.3 is 5.32 Å². The van der Waals surface area contributed by atoms with Crippen LogP contribution in [0, 0.1) is 13.8 Å². The summed E-state index contributed by atoms with van der Waals surface area (Å²) in [5.74, 6) is 0. The molecule has 0 bridgehead atoms. The standard InChI is InChI=1S/C15H26F3N3/c1-5-10-19-13(8-9-15(16,17)18)6-7-14-11(2)20-21(4)12(14)3/h13,19H,5-10H2,1-4H3. The predicted octanol–water partition coefficient (Wildman–Crippen LogP) is 3.68. The lowest BCUT2D eigenvalue weighted by molar-refractivity contribution is -0.136. The summed E-state index contributed by atoms with van der Waals surface area (Å²) >= 11 is 0. The van der Waals surface area contributed by atoms with Crippen LogP contribution in [0.4, 0.5) is 13.2 Å². The molecule has 1 N–H and O–H groups in total. The highest BCUT2D eigenvalue weighted by molar-refractivity contribution is 5.24. The van der Waals surface area contributed by atoms with Crippen molar-refractivity contribution in [1.82, 2.24) is 15.1 Å². The van der Waals surface area contributed by atoms with Gasteiger partial charge in [-0.2, -0.15) is 18.3 Å². The Balaban J connectivity index is 2.59. The summed E-state index contributed by atoms with van der Waals surface area (Å²) in [4.78, 5) is 0. The number of halogens is 3. The average Bonchev–Trinajstić information content (AvgIpc) is 2.62. The summed E-state index contributed by atoms with van der Waals surface area (Å²) in [5.41, 5.74) is 3.23. The normalized spacial score (nSPS) is 13.7. The van der Waals surface area contributed by atoms with Gasteiger partial charge in [0.15, 0.2) is 0 Å². The number of aryl methyl sites for hydroxylation is 2. The van der Waals surface area contributed by atoms with Crippen LogP contribution in [0.2, 0.25) is 0 Å². The largest absolute Gasteiger partial charge is 0.389 e. The van der Waals surface area contributed by atoms with Crippen LogP contribution in [0.3, 0.4) is 0 Å². The summed E-state index contributed by atoms with van der Waals surface area (Å²) in [6.45, 7) is 6.73. The first-order valence-electron chi connectivity index (χ1n) is 7.53. The fourth-order valence-electron chi connectivity index (χ4n) is 2.53. The predicted molar refractivity (Wildman–Crippen MR) is 78.4 cm³/mol. The molecular weight excluding hydrogens is 279 g/mol. The van der Waals surface area contributed by atoms with Gasteiger partial charge >= 0.3 is 6.18 Å². The van der Waals surface area contributed by atoms with Crippen LogP contribution in [-0.4, -0.2) is 28.5 Å². The third kappa shape index (κ3) is 6.08. The Hall–Kier alpha value is -1.04. The van der Waals surface area contributed by atoms with Crippen LogP contribution >= 0.6 is 0 Å². The Morgan fingerprint density at radius 2 is 1.90 bits per heavy atom. The Bertz CT molecular complexity index is 438. The average molecular weight is 305 g/mol. The van der Waals surface area contributed by atoms with E-state index in [4.69, 9.17) is 0 Å². The smallest absolute Gasteiger partial charge is 0.314 e. The van der Waals surface area contributed by atoms with E-state index in [-0.39, 0.29) is 12.5 Å². The van der Waals surface area contributed by atoms with Crippen LogP contribution in [0.1, 0.15) is 49.6 Å². The van der Waals surface area contributed by atoms with Gasteiger partial charge in [0.2, 0.25) is 0 Å². The van der Waals surface area contributed by atoms with Crippen molar-refractivity contribution in [3.63, 3.8) is 0 Å². The molecule has 1 atom stereocenters. The van der Waals surface area contributed by atoms with Gasteiger partial charge in [-0.05, 0) is 51.6 Å². The number of hydrogen-bond donors (Lipinski definition) is 1. The second kappa shape index (κ2) is 7.82. The second-order valence-electron chi connectivity index (χ2n) is 5.62. The fourth-order valence-corrected chi connectivity index (χ4v) is 2.53. The summed E-state index contributed by atoms with van der Waals surface area (Å²) < 4.78 is 39.0. The summed E-state index contributed by atoms with van der Waals surface area (Å²) in [5, 5.41) is 7.58. The molecule has 0 saturated heterocycles. The van der Waals surface area contributed by atoms with E-state index in [2.05, 4.69) is 10.4 Å². The lowest BCUT2D eigenvalue weighted by Gasteiger charge is -2.19. The first kappa shape index (κ1) is 18.0. The van der Waals surface area contributed by atoms with E-state index in [0.29, 0.717) is 6.42 Å². The quantitative estimate of drug-likeness (QED) is 0.794. The molecule has 0 saturated carbocycles. The molecule has 6 heteroatoms. The molecule has 0 aliphatic carbocycles. The molecule has 122 valence electrons. The SMILES string of the molecule is CCCNC(CCc1c(C)nn(C)c1C)CCC(F)(F)F. The number of hydrogen-bond acceptors (Lipinski definition) is 2. The maximum absolute atomic E-state index is 12.4. The maximum Gasteiger partial charge on any atom is 0.389 e. The monoisotopic (exact) mass is 305 g/mol. The molecule has 1 aromatic heterocycles. The van der Waals surface area contributed by atoms with Gasteiger partial charge in [-0.15, -0.1) is 0 Å². The number of nitrogens with zero attached hydrogens (tertiary/aromatic N) is 2. The van der Waals surface area contributed by atoms with Crippen LogP contribution < -0.4 is 5.32 Å². The molecule has 21 heavy (non-hydrogen) atoms. The zero-order chi connectivity index (χ0) is 16.0. The molecule has 3 nitrogen and oxygen atoms in total. The van der Waals surface area contributed by atoms with E-state index < -0.39 is 12.6 Å². The zero-order valence-electron chi connectivity index (χ0n) is 13.3. The molecule has 1 rings (SSSR count). The van der Waals surface area contributed by atoms with E-state index in [1.54, 1.807) is 0 Å². The molecule has 0 radical (unpaired) electrons. The lowest BCUT2D eigenvalue weighted by atomic mass is 10.00. The molecular formula is C15H26F3N3. The maximum atomic E-state index is 12.4. The van der Waals surface area contributed by atoms with Gasteiger partial charge in [-0.1, -0.05) is 6.92 Å². The highest BCUT2D eigenvalue weighted by Crippen LogP contribution is 2.24. The van der Waals surface area contributed by atoms with Gasteiger partial charge in [0.25, 0.3) is 0 Å². The number of nitrogens with one attached hydrogen (secondary N) is 1. The Morgan fingerprint density at radius 1 is 1.24 bits per heavy atom. The summed E-state index contributed by atoms with van der Waals surface area (Å²) in [6.07, 6.45) is -2.25. The van der Waals surface area contributed by atoms with Crippen molar-refractivity contribution in [2.75, 3.05) is 6.54 Å². The molecule has 0 aliphatic heterocycles. The fraction of sp³-hybridized carbons (Fsp3) is 0.800. The van der Waals surface area contributed by atoms with Crippen LogP contribution in [0.5, 0.6) is 0 Å². The molecule has 1 heterocycles. The van der Waals surface area contributed by atoms with Crippen molar-refractivity contribution >= 4 is 0 Å². The highest BCUT2D eigenvalue weighted by Gasteiger charge is 2.28.